The first kappa shape index (κ1) is 11.8. The van der Waals surface area contributed by atoms with Crippen molar-refractivity contribution in [2.45, 2.75) is 32.9 Å². The summed E-state index contributed by atoms with van der Waals surface area (Å²) in [4.78, 5) is 0. The molecule has 1 rings (SSSR count). The van der Waals surface area contributed by atoms with Crippen LogP contribution < -0.4 is 5.32 Å². The molecule has 1 nitrogen and oxygen atoms in total. The topological polar surface area (TPSA) is 16.6 Å². The highest BCUT2D eigenvalue weighted by molar-refractivity contribution is 6.35. The van der Waals surface area contributed by atoms with E-state index in [0.29, 0.717) is 11.1 Å². The first-order valence-electron chi connectivity index (χ1n) is 4.90. The molecule has 0 aromatic heterocycles. The Morgan fingerprint density at radius 2 is 2.07 bits per heavy atom. The van der Waals surface area contributed by atoms with Crippen LogP contribution in [0.1, 0.15) is 25.8 Å². The van der Waals surface area contributed by atoms with Crippen molar-refractivity contribution >= 4 is 23.2 Å². The van der Waals surface area contributed by atoms with E-state index in [9.17, 15) is 0 Å². The number of halogens is 2. The molecule has 2 N–H and O–H groups in total. The van der Waals surface area contributed by atoms with Crippen molar-refractivity contribution < 1.29 is 5.32 Å². The fraction of sp³-hybridized carbons (Fsp3) is 0.455. The van der Waals surface area contributed by atoms with E-state index in [4.69, 9.17) is 23.2 Å². The zero-order valence-corrected chi connectivity index (χ0v) is 10.1. The monoisotopic (exact) mass is 232 g/mol. The van der Waals surface area contributed by atoms with Crippen LogP contribution in [0, 0.1) is 0 Å². The molecule has 1 aromatic rings. The Hall–Kier alpha value is -0.240. The van der Waals surface area contributed by atoms with Crippen LogP contribution >= 0.6 is 23.2 Å². The number of nitrogens with two attached hydrogens (primary N) is 1. The van der Waals surface area contributed by atoms with Crippen molar-refractivity contribution in [1.29, 1.82) is 0 Å². The standard InChI is InChI=1S/C11H15Cl2N/c1-3-8(2)14-7-9-4-5-10(12)6-11(9)13/h4-6,8,14H,3,7H2,1-2H3/p+1/t8-/m1/s1. The molecule has 0 aliphatic heterocycles. The van der Waals surface area contributed by atoms with Crippen molar-refractivity contribution in [3.63, 3.8) is 0 Å². The Kier molecular flexibility index (Phi) is 4.73. The van der Waals surface area contributed by atoms with Gasteiger partial charge in [-0.2, -0.15) is 0 Å². The second-order valence-electron chi connectivity index (χ2n) is 3.56. The lowest BCUT2D eigenvalue weighted by atomic mass is 10.2. The number of rotatable bonds is 4. The summed E-state index contributed by atoms with van der Waals surface area (Å²) >= 11 is 11.9. The third kappa shape index (κ3) is 3.49. The molecule has 0 unspecified atom stereocenters. The van der Waals surface area contributed by atoms with Gasteiger partial charge in [0.1, 0.15) is 6.54 Å². The minimum atomic E-state index is 0.641. The van der Waals surface area contributed by atoms with Crippen molar-refractivity contribution in [3.8, 4) is 0 Å². The Bertz CT molecular complexity index is 299. The molecule has 0 saturated carbocycles. The fourth-order valence-corrected chi connectivity index (χ4v) is 1.67. The van der Waals surface area contributed by atoms with E-state index in [1.54, 1.807) is 6.07 Å². The minimum absolute atomic E-state index is 0.641. The Labute approximate surface area is 95.4 Å². The molecule has 1 aromatic carbocycles. The molecule has 0 aliphatic rings. The van der Waals surface area contributed by atoms with Gasteiger partial charge in [0, 0.05) is 10.6 Å². The van der Waals surface area contributed by atoms with Gasteiger partial charge in [0.25, 0.3) is 0 Å². The van der Waals surface area contributed by atoms with Gasteiger partial charge in [0.2, 0.25) is 0 Å². The fourth-order valence-electron chi connectivity index (χ4n) is 1.18. The summed E-state index contributed by atoms with van der Waals surface area (Å²) in [5.74, 6) is 0. The van der Waals surface area contributed by atoms with Crippen LogP contribution in [-0.4, -0.2) is 6.04 Å². The number of benzene rings is 1. The summed E-state index contributed by atoms with van der Waals surface area (Å²) < 4.78 is 0. The molecule has 14 heavy (non-hydrogen) atoms. The van der Waals surface area contributed by atoms with Crippen molar-refractivity contribution in [2.24, 2.45) is 0 Å². The predicted molar refractivity (Wildman–Crippen MR) is 61.8 cm³/mol. The molecule has 1 atom stereocenters. The highest BCUT2D eigenvalue weighted by atomic mass is 35.5. The number of hydrogen-bond donors (Lipinski definition) is 1. The van der Waals surface area contributed by atoms with Crippen LogP contribution in [0.15, 0.2) is 18.2 Å². The quantitative estimate of drug-likeness (QED) is 0.823. The normalized spacial score (nSPS) is 12.9. The predicted octanol–water partition coefficient (Wildman–Crippen LogP) is 2.86. The number of hydrogen-bond acceptors (Lipinski definition) is 0. The van der Waals surface area contributed by atoms with E-state index in [2.05, 4.69) is 19.2 Å². The van der Waals surface area contributed by atoms with Crippen LogP contribution in [-0.2, 0) is 6.54 Å². The van der Waals surface area contributed by atoms with Gasteiger partial charge < -0.3 is 5.32 Å². The Balaban J connectivity index is 2.59. The third-order valence-electron chi connectivity index (χ3n) is 2.40. The summed E-state index contributed by atoms with van der Waals surface area (Å²) in [6.45, 7) is 5.32. The second-order valence-corrected chi connectivity index (χ2v) is 4.40. The van der Waals surface area contributed by atoms with Crippen molar-refractivity contribution in [2.75, 3.05) is 0 Å². The maximum absolute atomic E-state index is 6.05. The van der Waals surface area contributed by atoms with E-state index in [0.717, 1.165) is 17.1 Å². The Morgan fingerprint density at radius 3 is 2.64 bits per heavy atom. The van der Waals surface area contributed by atoms with Gasteiger partial charge in [-0.15, -0.1) is 0 Å². The largest absolute Gasteiger partial charge is 0.340 e. The van der Waals surface area contributed by atoms with E-state index < -0.39 is 0 Å². The summed E-state index contributed by atoms with van der Waals surface area (Å²) in [6.07, 6.45) is 1.17. The van der Waals surface area contributed by atoms with Crippen LogP contribution in [0.5, 0.6) is 0 Å². The summed E-state index contributed by atoms with van der Waals surface area (Å²) in [7, 11) is 0. The van der Waals surface area contributed by atoms with Crippen LogP contribution in [0.2, 0.25) is 10.0 Å². The maximum atomic E-state index is 6.05. The zero-order valence-electron chi connectivity index (χ0n) is 8.56. The van der Waals surface area contributed by atoms with E-state index in [-0.39, 0.29) is 0 Å². The van der Waals surface area contributed by atoms with Crippen LogP contribution in [0.4, 0.5) is 0 Å². The number of quaternary nitrogens is 1. The molecule has 0 bridgehead atoms. The lowest BCUT2D eigenvalue weighted by molar-refractivity contribution is -0.701. The molecule has 0 saturated heterocycles. The summed E-state index contributed by atoms with van der Waals surface area (Å²) in [5, 5.41) is 3.74. The molecule has 0 amide bonds. The smallest absolute Gasteiger partial charge is 0.103 e. The van der Waals surface area contributed by atoms with E-state index in [1.807, 2.05) is 12.1 Å². The summed E-state index contributed by atoms with van der Waals surface area (Å²) in [5.41, 5.74) is 1.15. The zero-order chi connectivity index (χ0) is 10.6. The molecular formula is C11H16Cl2N+. The molecule has 3 heteroatoms. The molecule has 0 heterocycles. The molecule has 78 valence electrons. The maximum Gasteiger partial charge on any atom is 0.103 e. The Morgan fingerprint density at radius 1 is 1.36 bits per heavy atom. The highest BCUT2D eigenvalue weighted by Crippen LogP contribution is 2.19. The average molecular weight is 233 g/mol. The van der Waals surface area contributed by atoms with Gasteiger partial charge in [0.15, 0.2) is 0 Å². The van der Waals surface area contributed by atoms with Gasteiger partial charge in [-0.05, 0) is 25.5 Å². The van der Waals surface area contributed by atoms with Gasteiger partial charge in [-0.1, -0.05) is 36.2 Å². The van der Waals surface area contributed by atoms with Crippen molar-refractivity contribution in [3.05, 3.63) is 33.8 Å². The SMILES string of the molecule is CC[C@@H](C)[NH2+]Cc1ccc(Cl)cc1Cl. The van der Waals surface area contributed by atoms with Crippen molar-refractivity contribution in [1.82, 2.24) is 0 Å². The molecule has 0 radical (unpaired) electrons. The second kappa shape index (κ2) is 5.59. The molecule has 0 spiro atoms. The van der Waals surface area contributed by atoms with Gasteiger partial charge in [-0.3, -0.25) is 0 Å². The van der Waals surface area contributed by atoms with E-state index >= 15 is 0 Å². The highest BCUT2D eigenvalue weighted by Gasteiger charge is 2.05. The first-order chi connectivity index (χ1) is 6.63. The lowest BCUT2D eigenvalue weighted by Gasteiger charge is -2.09. The van der Waals surface area contributed by atoms with Gasteiger partial charge in [0.05, 0.1) is 11.1 Å². The van der Waals surface area contributed by atoms with Crippen LogP contribution in [0.25, 0.3) is 0 Å². The van der Waals surface area contributed by atoms with Gasteiger partial charge >= 0.3 is 0 Å². The van der Waals surface area contributed by atoms with Gasteiger partial charge in [-0.25, -0.2) is 0 Å². The first-order valence-corrected chi connectivity index (χ1v) is 5.66. The van der Waals surface area contributed by atoms with E-state index in [1.165, 1.54) is 6.42 Å². The average Bonchev–Trinajstić information content (AvgIpc) is 2.16. The minimum Gasteiger partial charge on any atom is -0.340 e. The summed E-state index contributed by atoms with van der Waals surface area (Å²) in [6, 6.07) is 6.31. The third-order valence-corrected chi connectivity index (χ3v) is 2.99. The van der Waals surface area contributed by atoms with Crippen LogP contribution in [0.3, 0.4) is 0 Å². The lowest BCUT2D eigenvalue weighted by Crippen LogP contribution is -2.87. The molecular weight excluding hydrogens is 217 g/mol. The molecule has 0 fully saturated rings. The molecule has 0 aliphatic carbocycles.